The van der Waals surface area contributed by atoms with Crippen molar-refractivity contribution in [2.45, 2.75) is 13.5 Å². The summed E-state index contributed by atoms with van der Waals surface area (Å²) in [7, 11) is 1.59. The molecule has 0 unspecified atom stereocenters. The van der Waals surface area contributed by atoms with Crippen LogP contribution in [-0.4, -0.2) is 20.3 Å². The summed E-state index contributed by atoms with van der Waals surface area (Å²) in [6, 6.07) is 7.44. The molecular formula is C12H14N4O2. The van der Waals surface area contributed by atoms with Crippen molar-refractivity contribution >= 4 is 11.6 Å². The molecule has 1 N–H and O–H groups in total. The number of carbonyl (C=O) groups excluding carboxylic acids is 1. The molecular weight excluding hydrogens is 232 g/mol. The largest absolute Gasteiger partial charge is 0.345 e. The summed E-state index contributed by atoms with van der Waals surface area (Å²) in [6.07, 6.45) is 1.38. The summed E-state index contributed by atoms with van der Waals surface area (Å²) in [6.45, 7) is 1.88. The molecule has 2 rings (SSSR count). The van der Waals surface area contributed by atoms with Crippen LogP contribution in [0.1, 0.15) is 5.56 Å². The SMILES string of the molecule is Cc1ccc(NC(=O)Cn2ncn(C)c2=O)cc1. The van der Waals surface area contributed by atoms with Crippen LogP contribution in [-0.2, 0) is 18.4 Å². The molecule has 1 heterocycles. The van der Waals surface area contributed by atoms with Gasteiger partial charge in [-0.2, -0.15) is 5.10 Å². The number of benzene rings is 1. The number of hydrogen-bond donors (Lipinski definition) is 1. The zero-order chi connectivity index (χ0) is 13.1. The average Bonchev–Trinajstić information content (AvgIpc) is 2.64. The van der Waals surface area contributed by atoms with E-state index in [1.165, 1.54) is 10.9 Å². The van der Waals surface area contributed by atoms with E-state index in [1.807, 2.05) is 31.2 Å². The summed E-state index contributed by atoms with van der Waals surface area (Å²) >= 11 is 0. The first-order valence-electron chi connectivity index (χ1n) is 5.51. The quantitative estimate of drug-likeness (QED) is 0.858. The highest BCUT2D eigenvalue weighted by Gasteiger charge is 2.07. The monoisotopic (exact) mass is 246 g/mol. The number of rotatable bonds is 3. The second-order valence-corrected chi connectivity index (χ2v) is 4.10. The number of anilines is 1. The zero-order valence-electron chi connectivity index (χ0n) is 10.3. The predicted octanol–water partition coefficient (Wildman–Crippen LogP) is 0.529. The molecule has 0 radical (unpaired) electrons. The Labute approximate surface area is 104 Å². The van der Waals surface area contributed by atoms with Crippen molar-refractivity contribution in [1.29, 1.82) is 0 Å². The van der Waals surface area contributed by atoms with E-state index >= 15 is 0 Å². The van der Waals surface area contributed by atoms with Gasteiger partial charge in [0.2, 0.25) is 5.91 Å². The highest BCUT2D eigenvalue weighted by atomic mass is 16.2. The molecule has 0 aliphatic heterocycles. The Hall–Kier alpha value is -2.37. The van der Waals surface area contributed by atoms with Gasteiger partial charge in [-0.05, 0) is 19.1 Å². The van der Waals surface area contributed by atoms with Gasteiger partial charge in [-0.25, -0.2) is 9.48 Å². The van der Waals surface area contributed by atoms with Gasteiger partial charge in [0.25, 0.3) is 0 Å². The van der Waals surface area contributed by atoms with Crippen molar-refractivity contribution in [1.82, 2.24) is 14.3 Å². The summed E-state index contributed by atoms with van der Waals surface area (Å²) in [5.74, 6) is -0.278. The first kappa shape index (κ1) is 12.1. The summed E-state index contributed by atoms with van der Waals surface area (Å²) in [4.78, 5) is 23.2. The van der Waals surface area contributed by atoms with E-state index in [1.54, 1.807) is 7.05 Å². The van der Waals surface area contributed by atoms with Crippen LogP contribution in [0.3, 0.4) is 0 Å². The lowest BCUT2D eigenvalue weighted by atomic mass is 10.2. The van der Waals surface area contributed by atoms with Gasteiger partial charge in [0, 0.05) is 12.7 Å². The number of amides is 1. The van der Waals surface area contributed by atoms with Gasteiger partial charge in [0.1, 0.15) is 12.9 Å². The Morgan fingerprint density at radius 3 is 2.56 bits per heavy atom. The maximum Gasteiger partial charge on any atom is 0.345 e. The van der Waals surface area contributed by atoms with Crippen molar-refractivity contribution in [3.63, 3.8) is 0 Å². The molecule has 0 aliphatic rings. The third-order valence-corrected chi connectivity index (χ3v) is 2.52. The molecule has 1 aromatic carbocycles. The Morgan fingerprint density at radius 2 is 2.00 bits per heavy atom. The van der Waals surface area contributed by atoms with Gasteiger partial charge in [-0.3, -0.25) is 9.36 Å². The second kappa shape index (κ2) is 4.87. The van der Waals surface area contributed by atoms with Crippen LogP contribution in [0.4, 0.5) is 5.69 Å². The summed E-state index contributed by atoms with van der Waals surface area (Å²) in [5, 5.41) is 6.52. The van der Waals surface area contributed by atoms with Crippen LogP contribution in [0.25, 0.3) is 0 Å². The molecule has 0 atom stereocenters. The lowest BCUT2D eigenvalue weighted by Gasteiger charge is -2.04. The zero-order valence-corrected chi connectivity index (χ0v) is 10.3. The van der Waals surface area contributed by atoms with E-state index in [0.29, 0.717) is 5.69 Å². The van der Waals surface area contributed by atoms with Crippen molar-refractivity contribution in [3.05, 3.63) is 46.6 Å². The van der Waals surface area contributed by atoms with Crippen LogP contribution in [0.15, 0.2) is 35.4 Å². The summed E-state index contributed by atoms with van der Waals surface area (Å²) in [5.41, 5.74) is 1.51. The van der Waals surface area contributed by atoms with Crippen molar-refractivity contribution in [2.24, 2.45) is 7.05 Å². The molecule has 0 saturated carbocycles. The number of aromatic nitrogens is 3. The third kappa shape index (κ3) is 2.65. The van der Waals surface area contributed by atoms with Gasteiger partial charge in [0.15, 0.2) is 0 Å². The lowest BCUT2D eigenvalue weighted by Crippen LogP contribution is -2.29. The van der Waals surface area contributed by atoms with Crippen molar-refractivity contribution in [3.8, 4) is 0 Å². The van der Waals surface area contributed by atoms with Gasteiger partial charge < -0.3 is 5.32 Å². The molecule has 1 aromatic heterocycles. The molecule has 0 aliphatic carbocycles. The minimum Gasteiger partial charge on any atom is -0.324 e. The summed E-state index contributed by atoms with van der Waals surface area (Å²) < 4.78 is 2.43. The standard InChI is InChI=1S/C12H14N4O2/c1-9-3-5-10(6-4-9)14-11(17)7-16-12(18)15(2)8-13-16/h3-6,8H,7H2,1-2H3,(H,14,17). The molecule has 1 amide bonds. The minimum absolute atomic E-state index is 0.0897. The van der Waals surface area contributed by atoms with Crippen LogP contribution >= 0.6 is 0 Å². The molecule has 2 aromatic rings. The van der Waals surface area contributed by atoms with Crippen molar-refractivity contribution in [2.75, 3.05) is 5.32 Å². The molecule has 94 valence electrons. The fourth-order valence-electron chi connectivity index (χ4n) is 1.50. The molecule has 0 fully saturated rings. The Morgan fingerprint density at radius 1 is 1.33 bits per heavy atom. The number of nitrogens with one attached hydrogen (secondary N) is 1. The highest BCUT2D eigenvalue weighted by Crippen LogP contribution is 2.08. The molecule has 0 saturated heterocycles. The van der Waals surface area contributed by atoms with Crippen LogP contribution < -0.4 is 11.0 Å². The lowest BCUT2D eigenvalue weighted by molar-refractivity contribution is -0.117. The van der Waals surface area contributed by atoms with E-state index in [2.05, 4.69) is 10.4 Å². The normalized spacial score (nSPS) is 10.3. The van der Waals surface area contributed by atoms with Crippen molar-refractivity contribution < 1.29 is 4.79 Å². The number of hydrogen-bond acceptors (Lipinski definition) is 3. The third-order valence-electron chi connectivity index (χ3n) is 2.52. The Balaban J connectivity index is 2.03. The Kier molecular flexibility index (Phi) is 3.27. The smallest absolute Gasteiger partial charge is 0.324 e. The van der Waals surface area contributed by atoms with E-state index in [4.69, 9.17) is 0 Å². The van der Waals surface area contributed by atoms with Crippen LogP contribution in [0.5, 0.6) is 0 Å². The molecule has 6 heteroatoms. The number of nitrogens with zero attached hydrogens (tertiary/aromatic N) is 3. The second-order valence-electron chi connectivity index (χ2n) is 4.10. The fourth-order valence-corrected chi connectivity index (χ4v) is 1.50. The van der Waals surface area contributed by atoms with Gasteiger partial charge in [-0.15, -0.1) is 0 Å². The maximum absolute atomic E-state index is 11.7. The average molecular weight is 246 g/mol. The molecule has 18 heavy (non-hydrogen) atoms. The Bertz CT molecular complexity index is 610. The van der Waals surface area contributed by atoms with Gasteiger partial charge in [-0.1, -0.05) is 17.7 Å². The minimum atomic E-state index is -0.311. The van der Waals surface area contributed by atoms with E-state index in [-0.39, 0.29) is 18.1 Å². The van der Waals surface area contributed by atoms with Gasteiger partial charge >= 0.3 is 5.69 Å². The first-order chi connectivity index (χ1) is 8.56. The van der Waals surface area contributed by atoms with E-state index < -0.39 is 0 Å². The van der Waals surface area contributed by atoms with Gasteiger partial charge in [0.05, 0.1) is 0 Å². The number of carbonyl (C=O) groups is 1. The predicted molar refractivity (Wildman–Crippen MR) is 67.3 cm³/mol. The fraction of sp³-hybridized carbons (Fsp3) is 0.250. The maximum atomic E-state index is 11.7. The topological polar surface area (TPSA) is 68.9 Å². The number of aryl methyl sites for hydroxylation is 2. The highest BCUT2D eigenvalue weighted by molar-refractivity contribution is 5.90. The molecule has 6 nitrogen and oxygen atoms in total. The van der Waals surface area contributed by atoms with Crippen LogP contribution in [0.2, 0.25) is 0 Å². The van der Waals surface area contributed by atoms with E-state index in [0.717, 1.165) is 10.2 Å². The van der Waals surface area contributed by atoms with E-state index in [9.17, 15) is 9.59 Å². The van der Waals surface area contributed by atoms with Crippen LogP contribution in [0, 0.1) is 6.92 Å². The first-order valence-corrected chi connectivity index (χ1v) is 5.51. The molecule has 0 spiro atoms. The molecule has 0 bridgehead atoms.